The Balaban J connectivity index is 2.30. The van der Waals surface area contributed by atoms with E-state index >= 15 is 0 Å². The maximum atomic E-state index is 12.3. The second-order valence-corrected chi connectivity index (χ2v) is 5.25. The van der Waals surface area contributed by atoms with Crippen molar-refractivity contribution < 1.29 is 9.53 Å². The molecule has 0 aliphatic carbocycles. The zero-order valence-corrected chi connectivity index (χ0v) is 12.8. The number of hydrogen-bond acceptors (Lipinski definition) is 3. The van der Waals surface area contributed by atoms with E-state index in [1.165, 1.54) is 0 Å². The molecule has 0 aromatic heterocycles. The normalized spacial score (nSPS) is 10.2. The Hall–Kier alpha value is -2.01. The van der Waals surface area contributed by atoms with Gasteiger partial charge in [-0.25, -0.2) is 0 Å². The minimum atomic E-state index is -0.226. The number of anilines is 2. The molecule has 3 N–H and O–H groups in total. The van der Waals surface area contributed by atoms with Gasteiger partial charge in [0.2, 0.25) is 0 Å². The maximum absolute atomic E-state index is 12.3. The highest BCUT2D eigenvalue weighted by Gasteiger charge is 2.13. The van der Waals surface area contributed by atoms with E-state index in [2.05, 4.69) is 21.2 Å². The zero-order valence-electron chi connectivity index (χ0n) is 11.2. The van der Waals surface area contributed by atoms with Crippen LogP contribution in [0.15, 0.2) is 40.9 Å². The van der Waals surface area contributed by atoms with Crippen LogP contribution in [-0.4, -0.2) is 13.0 Å². The Morgan fingerprint density at radius 1 is 1.25 bits per heavy atom. The summed E-state index contributed by atoms with van der Waals surface area (Å²) in [5.41, 5.74) is 8.45. The molecule has 1 amide bonds. The van der Waals surface area contributed by atoms with Gasteiger partial charge in [-0.2, -0.15) is 0 Å². The minimum Gasteiger partial charge on any atom is -0.496 e. The molecule has 20 heavy (non-hydrogen) atoms. The van der Waals surface area contributed by atoms with Crippen LogP contribution in [0.25, 0.3) is 0 Å². The second-order valence-electron chi connectivity index (χ2n) is 4.40. The zero-order chi connectivity index (χ0) is 14.7. The van der Waals surface area contributed by atoms with Crippen LogP contribution in [0.2, 0.25) is 0 Å². The fourth-order valence-electron chi connectivity index (χ4n) is 1.82. The van der Waals surface area contributed by atoms with Gasteiger partial charge in [-0.3, -0.25) is 4.79 Å². The topological polar surface area (TPSA) is 64.3 Å². The molecule has 104 valence electrons. The molecule has 0 radical (unpaired) electrons. The van der Waals surface area contributed by atoms with E-state index < -0.39 is 0 Å². The number of aryl methyl sites for hydroxylation is 1. The molecule has 0 spiro atoms. The molecule has 2 aromatic carbocycles. The molecule has 0 fully saturated rings. The third-order valence-electron chi connectivity index (χ3n) is 2.84. The fourth-order valence-corrected chi connectivity index (χ4v) is 2.32. The number of methoxy groups -OCH3 is 1. The van der Waals surface area contributed by atoms with Crippen LogP contribution in [-0.2, 0) is 0 Å². The number of benzene rings is 2. The van der Waals surface area contributed by atoms with E-state index in [0.29, 0.717) is 22.7 Å². The lowest BCUT2D eigenvalue weighted by Gasteiger charge is -2.11. The molecule has 2 rings (SSSR count). The van der Waals surface area contributed by atoms with Crippen LogP contribution in [0.1, 0.15) is 15.9 Å². The lowest BCUT2D eigenvalue weighted by molar-refractivity contribution is 0.102. The van der Waals surface area contributed by atoms with Crippen molar-refractivity contribution in [1.82, 2.24) is 0 Å². The molecule has 5 heteroatoms. The number of rotatable bonds is 3. The highest BCUT2D eigenvalue weighted by molar-refractivity contribution is 9.10. The van der Waals surface area contributed by atoms with Gasteiger partial charge in [-0.05, 0) is 53.2 Å². The van der Waals surface area contributed by atoms with Crippen molar-refractivity contribution in [2.24, 2.45) is 0 Å². The van der Waals surface area contributed by atoms with E-state index in [1.807, 2.05) is 13.0 Å². The second kappa shape index (κ2) is 5.96. The summed E-state index contributed by atoms with van der Waals surface area (Å²) in [4.78, 5) is 12.3. The summed E-state index contributed by atoms with van der Waals surface area (Å²) in [6, 6.07) is 10.7. The van der Waals surface area contributed by atoms with E-state index in [-0.39, 0.29) is 5.91 Å². The minimum absolute atomic E-state index is 0.226. The quantitative estimate of drug-likeness (QED) is 0.843. The van der Waals surface area contributed by atoms with Gasteiger partial charge in [0.15, 0.2) is 0 Å². The molecular weight excluding hydrogens is 320 g/mol. The van der Waals surface area contributed by atoms with Crippen molar-refractivity contribution in [2.75, 3.05) is 18.2 Å². The third kappa shape index (κ3) is 3.11. The number of carbonyl (C=O) groups excluding carboxylic acids is 1. The van der Waals surface area contributed by atoms with E-state index in [4.69, 9.17) is 10.5 Å². The summed E-state index contributed by atoms with van der Waals surface area (Å²) in [7, 11) is 1.54. The predicted molar refractivity (Wildman–Crippen MR) is 84.2 cm³/mol. The van der Waals surface area contributed by atoms with Crippen molar-refractivity contribution in [3.63, 3.8) is 0 Å². The van der Waals surface area contributed by atoms with Gasteiger partial charge in [-0.1, -0.05) is 11.6 Å². The first-order valence-corrected chi connectivity index (χ1v) is 6.81. The average Bonchev–Trinajstić information content (AvgIpc) is 2.41. The van der Waals surface area contributed by atoms with Gasteiger partial charge in [0, 0.05) is 10.2 Å². The number of amides is 1. The summed E-state index contributed by atoms with van der Waals surface area (Å²) in [5.74, 6) is 0.315. The van der Waals surface area contributed by atoms with Gasteiger partial charge in [-0.15, -0.1) is 0 Å². The highest BCUT2D eigenvalue weighted by atomic mass is 79.9. The van der Waals surface area contributed by atoms with Gasteiger partial charge >= 0.3 is 0 Å². The third-order valence-corrected chi connectivity index (χ3v) is 3.50. The lowest BCUT2D eigenvalue weighted by atomic mass is 10.1. The predicted octanol–water partition coefficient (Wildman–Crippen LogP) is 3.60. The summed E-state index contributed by atoms with van der Waals surface area (Å²) < 4.78 is 5.95. The Morgan fingerprint density at radius 3 is 2.65 bits per heavy atom. The summed E-state index contributed by atoms with van der Waals surface area (Å²) in [5, 5.41) is 2.83. The Labute approximate surface area is 126 Å². The van der Waals surface area contributed by atoms with Crippen LogP contribution in [0.5, 0.6) is 5.75 Å². The van der Waals surface area contributed by atoms with Gasteiger partial charge in [0.05, 0.1) is 18.4 Å². The van der Waals surface area contributed by atoms with E-state index in [9.17, 15) is 4.79 Å². The Morgan fingerprint density at radius 2 is 2.00 bits per heavy atom. The molecule has 0 saturated heterocycles. The van der Waals surface area contributed by atoms with Crippen LogP contribution < -0.4 is 15.8 Å². The molecule has 0 heterocycles. The van der Waals surface area contributed by atoms with Crippen molar-refractivity contribution in [1.29, 1.82) is 0 Å². The lowest BCUT2D eigenvalue weighted by Crippen LogP contribution is -2.14. The van der Waals surface area contributed by atoms with Gasteiger partial charge in [0.25, 0.3) is 5.91 Å². The molecule has 0 atom stereocenters. The molecule has 2 aromatic rings. The highest BCUT2D eigenvalue weighted by Crippen LogP contribution is 2.27. The number of nitrogens with two attached hydrogens (primary N) is 1. The Bertz CT molecular complexity index is 656. The molecule has 4 nitrogen and oxygen atoms in total. The monoisotopic (exact) mass is 334 g/mol. The first kappa shape index (κ1) is 14.4. The summed E-state index contributed by atoms with van der Waals surface area (Å²) >= 11 is 3.37. The maximum Gasteiger partial charge on any atom is 0.259 e. The molecule has 0 aliphatic heterocycles. The smallest absolute Gasteiger partial charge is 0.259 e. The van der Waals surface area contributed by atoms with Crippen LogP contribution in [0, 0.1) is 6.92 Å². The summed E-state index contributed by atoms with van der Waals surface area (Å²) in [6.45, 7) is 1.93. The molecule has 0 bridgehead atoms. The number of nitrogens with one attached hydrogen (secondary N) is 1. The molecule has 0 unspecified atom stereocenters. The van der Waals surface area contributed by atoms with E-state index in [0.717, 1.165) is 10.0 Å². The van der Waals surface area contributed by atoms with Gasteiger partial charge < -0.3 is 15.8 Å². The van der Waals surface area contributed by atoms with Crippen LogP contribution in [0.3, 0.4) is 0 Å². The SMILES string of the molecule is COc1ccc(C)cc1C(=O)Nc1ccc(N)cc1Br. The largest absolute Gasteiger partial charge is 0.496 e. The van der Waals surface area contributed by atoms with Crippen molar-refractivity contribution in [3.05, 3.63) is 52.0 Å². The number of hydrogen-bond donors (Lipinski definition) is 2. The van der Waals surface area contributed by atoms with Gasteiger partial charge in [0.1, 0.15) is 5.75 Å². The number of halogens is 1. The number of carbonyl (C=O) groups is 1. The molecule has 0 aliphatic rings. The first-order chi connectivity index (χ1) is 9.51. The first-order valence-electron chi connectivity index (χ1n) is 6.02. The molecule has 0 saturated carbocycles. The fraction of sp³-hybridized carbons (Fsp3) is 0.133. The Kier molecular flexibility index (Phi) is 4.29. The van der Waals surface area contributed by atoms with Crippen LogP contribution in [0.4, 0.5) is 11.4 Å². The molecular formula is C15H15BrN2O2. The summed E-state index contributed by atoms with van der Waals surface area (Å²) in [6.07, 6.45) is 0. The average molecular weight is 335 g/mol. The van der Waals surface area contributed by atoms with Crippen molar-refractivity contribution in [2.45, 2.75) is 6.92 Å². The number of ether oxygens (including phenoxy) is 1. The number of nitrogen functional groups attached to an aromatic ring is 1. The van der Waals surface area contributed by atoms with Crippen molar-refractivity contribution >= 4 is 33.2 Å². The van der Waals surface area contributed by atoms with E-state index in [1.54, 1.807) is 37.4 Å². The van der Waals surface area contributed by atoms with Crippen molar-refractivity contribution in [3.8, 4) is 5.75 Å². The standard InChI is InChI=1S/C15H15BrN2O2/c1-9-3-6-14(20-2)11(7-9)15(19)18-13-5-4-10(17)8-12(13)16/h3-8H,17H2,1-2H3,(H,18,19). The van der Waals surface area contributed by atoms with Crippen LogP contribution >= 0.6 is 15.9 Å².